The van der Waals surface area contributed by atoms with Crippen LogP contribution in [0, 0.1) is 23.7 Å². The number of Topliss-reactive ketones (excluding diaryl/α,β-unsaturated/α-hetero) is 4. The quantitative estimate of drug-likeness (QED) is 0.170. The van der Waals surface area contributed by atoms with Crippen LogP contribution < -0.4 is 11.1 Å². The molecule has 1 aromatic carbocycles. The molecule has 232 valence electrons. The second-order valence-corrected chi connectivity index (χ2v) is 12.2. The summed E-state index contributed by atoms with van der Waals surface area (Å²) in [5.74, 6) is -12.4. The van der Waals surface area contributed by atoms with E-state index in [0.717, 1.165) is 0 Å². The molecule has 5 N–H and O–H groups in total. The van der Waals surface area contributed by atoms with Crippen LogP contribution in [0.25, 0.3) is 5.69 Å². The minimum absolute atomic E-state index is 0.00918. The van der Waals surface area contributed by atoms with E-state index in [-0.39, 0.29) is 30.6 Å². The highest BCUT2D eigenvalue weighted by atomic mass is 16.3. The number of aliphatic hydroxyl groups is 1. The summed E-state index contributed by atoms with van der Waals surface area (Å²) in [4.78, 5) is 94.4. The molecule has 6 atom stereocenters. The van der Waals surface area contributed by atoms with Crippen LogP contribution in [0.4, 0.5) is 5.69 Å². The molecule has 0 spiro atoms. The van der Waals surface area contributed by atoms with Gasteiger partial charge in [-0.3, -0.25) is 38.5 Å². The lowest BCUT2D eigenvalue weighted by molar-refractivity contribution is -0.181. The van der Waals surface area contributed by atoms with Crippen molar-refractivity contribution in [2.75, 3.05) is 40.1 Å². The molecule has 0 radical (unpaired) electrons. The van der Waals surface area contributed by atoms with E-state index in [1.54, 1.807) is 29.8 Å². The molecule has 2 saturated carbocycles. The van der Waals surface area contributed by atoms with Crippen molar-refractivity contribution >= 4 is 46.9 Å². The molecule has 2 fully saturated rings. The van der Waals surface area contributed by atoms with Crippen molar-refractivity contribution in [1.82, 2.24) is 14.4 Å². The average Bonchev–Trinajstić information content (AvgIpc) is 3.40. The molecule has 44 heavy (non-hydrogen) atoms. The van der Waals surface area contributed by atoms with Crippen LogP contribution in [-0.4, -0.2) is 112 Å². The van der Waals surface area contributed by atoms with Gasteiger partial charge in [-0.25, -0.2) is 0 Å². The second kappa shape index (κ2) is 10.9. The van der Waals surface area contributed by atoms with Crippen molar-refractivity contribution in [3.63, 3.8) is 0 Å². The molecule has 14 nitrogen and oxygen atoms in total. The topological polar surface area (TPSA) is 209 Å². The number of phenols is 1. The molecule has 2 unspecified atom stereocenters. The van der Waals surface area contributed by atoms with Crippen molar-refractivity contribution in [1.29, 1.82) is 0 Å². The molecule has 0 saturated heterocycles. The summed E-state index contributed by atoms with van der Waals surface area (Å²) in [5, 5.41) is 25.7. The number of ketones is 4. The fourth-order valence-corrected chi connectivity index (χ4v) is 7.09. The fraction of sp³-hybridized carbons (Fsp3) is 0.433. The number of amides is 2. The highest BCUT2D eigenvalue weighted by Crippen LogP contribution is 2.52. The van der Waals surface area contributed by atoms with Gasteiger partial charge in [-0.1, -0.05) is 0 Å². The minimum Gasteiger partial charge on any atom is -0.505 e. The molecule has 1 heterocycles. The van der Waals surface area contributed by atoms with Gasteiger partial charge in [0.15, 0.2) is 40.9 Å². The third-order valence-electron chi connectivity index (χ3n) is 8.90. The smallest absolute Gasteiger partial charge is 0.238 e. The van der Waals surface area contributed by atoms with Gasteiger partial charge in [0, 0.05) is 23.9 Å². The highest BCUT2D eigenvalue weighted by Gasteiger charge is 2.69. The van der Waals surface area contributed by atoms with Crippen LogP contribution in [0.5, 0.6) is 5.75 Å². The predicted octanol–water partition coefficient (Wildman–Crippen LogP) is -1.03. The fourth-order valence-electron chi connectivity index (χ4n) is 7.09. The van der Waals surface area contributed by atoms with Gasteiger partial charge in [-0.15, -0.1) is 0 Å². The van der Waals surface area contributed by atoms with Crippen molar-refractivity contribution < 1.29 is 43.8 Å². The number of primary amides is 1. The first-order valence-corrected chi connectivity index (χ1v) is 13.9. The van der Waals surface area contributed by atoms with Gasteiger partial charge >= 0.3 is 0 Å². The lowest BCUT2D eigenvalue weighted by Gasteiger charge is -2.52. The maximum Gasteiger partial charge on any atom is 0.238 e. The number of hydrogen-bond donors (Lipinski definition) is 4. The van der Waals surface area contributed by atoms with Crippen molar-refractivity contribution in [3.05, 3.63) is 41.2 Å². The zero-order chi connectivity index (χ0) is 32.4. The number of benzene rings is 1. The maximum absolute atomic E-state index is 14.2. The van der Waals surface area contributed by atoms with Crippen molar-refractivity contribution in [2.24, 2.45) is 29.4 Å². The van der Waals surface area contributed by atoms with Crippen LogP contribution in [0.2, 0.25) is 0 Å². The largest absolute Gasteiger partial charge is 0.505 e. The Morgan fingerprint density at radius 1 is 1.16 bits per heavy atom. The summed E-state index contributed by atoms with van der Waals surface area (Å²) in [6, 6.07) is 1.77. The molecule has 2 amide bonds. The van der Waals surface area contributed by atoms with Crippen molar-refractivity contribution in [3.8, 4) is 11.4 Å². The summed E-state index contributed by atoms with van der Waals surface area (Å²) in [5.41, 5.74) is 3.09. The SMILES string of the molecule is CN(C)CC(=O)Nc1cc(-n2ccc(C=O)c2)c2c(c1O)C(=O)C1C(=O)[C@]3(O)C(=O)C(C(N)=O)C(=O)[C@@H](N(C)C)[C@@H]3C[C@@H]1C2. The Kier molecular flexibility index (Phi) is 7.64. The molecule has 2 aromatic rings. The number of aromatic nitrogens is 1. The summed E-state index contributed by atoms with van der Waals surface area (Å²) in [6.45, 7) is -0.0505. The van der Waals surface area contributed by atoms with Crippen LogP contribution in [0.1, 0.15) is 32.7 Å². The Morgan fingerprint density at radius 2 is 1.84 bits per heavy atom. The minimum atomic E-state index is -2.86. The molecular weight excluding hydrogens is 574 g/mol. The van der Waals surface area contributed by atoms with E-state index in [2.05, 4.69) is 5.32 Å². The predicted molar refractivity (Wildman–Crippen MR) is 153 cm³/mol. The first kappa shape index (κ1) is 30.9. The first-order chi connectivity index (χ1) is 20.6. The molecule has 5 rings (SSSR count). The van der Waals surface area contributed by atoms with Gasteiger partial charge in [-0.2, -0.15) is 0 Å². The van der Waals surface area contributed by atoms with Gasteiger partial charge in [0.05, 0.1) is 35.4 Å². The number of fused-ring (bicyclic) bond motifs is 3. The van der Waals surface area contributed by atoms with Crippen LogP contribution in [0.15, 0.2) is 24.5 Å². The zero-order valence-electron chi connectivity index (χ0n) is 24.6. The third kappa shape index (κ3) is 4.57. The Bertz CT molecular complexity index is 1640. The molecule has 1 aromatic heterocycles. The van der Waals surface area contributed by atoms with E-state index in [9.17, 15) is 43.8 Å². The Morgan fingerprint density at radius 3 is 2.41 bits per heavy atom. The Hall–Kier alpha value is -4.53. The monoisotopic (exact) mass is 607 g/mol. The number of anilines is 1. The number of nitrogens with one attached hydrogen (secondary N) is 1. The second-order valence-electron chi connectivity index (χ2n) is 12.2. The molecule has 3 aliphatic carbocycles. The van der Waals surface area contributed by atoms with E-state index in [0.29, 0.717) is 23.1 Å². The van der Waals surface area contributed by atoms with E-state index in [4.69, 9.17) is 5.73 Å². The van der Waals surface area contributed by atoms with E-state index < -0.39 is 76.0 Å². The van der Waals surface area contributed by atoms with E-state index in [1.807, 2.05) is 0 Å². The zero-order valence-corrected chi connectivity index (χ0v) is 24.6. The van der Waals surface area contributed by atoms with Crippen LogP contribution >= 0.6 is 0 Å². The van der Waals surface area contributed by atoms with Gasteiger partial charge in [0.2, 0.25) is 11.8 Å². The molecule has 3 aliphatic rings. The maximum atomic E-state index is 14.2. The number of nitrogens with zero attached hydrogens (tertiary/aromatic N) is 3. The molecule has 14 heteroatoms. The van der Waals surface area contributed by atoms with Crippen LogP contribution in [0.3, 0.4) is 0 Å². The molecule has 0 aliphatic heterocycles. The normalized spacial score (nSPS) is 28.0. The summed E-state index contributed by atoms with van der Waals surface area (Å²) < 4.78 is 1.55. The number of rotatable bonds is 7. The number of nitrogens with two attached hydrogens (primary N) is 1. The summed E-state index contributed by atoms with van der Waals surface area (Å²) in [6.07, 6.45) is 3.58. The Labute approximate surface area is 251 Å². The lowest BCUT2D eigenvalue weighted by Crippen LogP contribution is -2.74. The lowest BCUT2D eigenvalue weighted by atomic mass is 9.52. The number of aromatic hydroxyl groups is 1. The van der Waals surface area contributed by atoms with E-state index >= 15 is 0 Å². The van der Waals surface area contributed by atoms with Gasteiger partial charge < -0.3 is 30.7 Å². The van der Waals surface area contributed by atoms with Crippen molar-refractivity contribution in [2.45, 2.75) is 24.5 Å². The third-order valence-corrected chi connectivity index (χ3v) is 8.90. The number of carbonyl (C=O) groups is 7. The van der Waals surface area contributed by atoms with Crippen LogP contribution in [-0.2, 0) is 30.4 Å². The number of likely N-dealkylation sites (N-methyl/N-ethyl adjacent to an activating group) is 2. The molecular formula is C30H33N5O9. The molecule has 0 bridgehead atoms. The standard InChI is InChI=1S/C30H33N5O9/c1-33(2)11-19(37)32-17-9-18(35-6-5-13(10-35)12-36)15-7-14-8-16-23(34(3)4)26(40)22(29(31)43)28(42)30(16,44)27(41)20(14)25(39)21(15)24(17)38/h5-6,9-10,12,14,16,20,22-23,38,44H,7-8,11H2,1-4H3,(H2,31,43)(H,32,37)/t14-,16-,20?,22?,23-,30-/m0/s1. The summed E-state index contributed by atoms with van der Waals surface area (Å²) >= 11 is 0. The van der Waals surface area contributed by atoms with Gasteiger partial charge in [0.1, 0.15) is 5.75 Å². The van der Waals surface area contributed by atoms with Gasteiger partial charge in [-0.05, 0) is 64.6 Å². The first-order valence-electron chi connectivity index (χ1n) is 13.9. The highest BCUT2D eigenvalue weighted by molar-refractivity contribution is 6.32. The average molecular weight is 608 g/mol. The van der Waals surface area contributed by atoms with E-state index in [1.165, 1.54) is 37.3 Å². The number of carbonyl (C=O) groups excluding carboxylic acids is 7. The Balaban J connectivity index is 1.68. The number of phenolic OH excluding ortho intramolecular Hbond substituents is 1. The number of hydrogen-bond acceptors (Lipinski definition) is 11. The van der Waals surface area contributed by atoms with Gasteiger partial charge in [0.25, 0.3) is 0 Å². The number of aldehydes is 1. The summed E-state index contributed by atoms with van der Waals surface area (Å²) in [7, 11) is 6.35.